The fraction of sp³-hybridized carbons (Fsp3) is 0.455. The van der Waals surface area contributed by atoms with Crippen molar-refractivity contribution in [1.29, 1.82) is 0 Å². The van der Waals surface area contributed by atoms with Gasteiger partial charge in [0.15, 0.2) is 5.65 Å². The third-order valence-electron chi connectivity index (χ3n) is 3.16. The zero-order valence-electron chi connectivity index (χ0n) is 9.06. The minimum atomic E-state index is 0.598. The van der Waals surface area contributed by atoms with Gasteiger partial charge in [0, 0.05) is 19.3 Å². The first kappa shape index (κ1) is 9.59. The summed E-state index contributed by atoms with van der Waals surface area (Å²) in [5.74, 6) is 1.52. The zero-order valence-corrected chi connectivity index (χ0v) is 9.06. The lowest BCUT2D eigenvalue weighted by molar-refractivity contribution is 0.602. The topological polar surface area (TPSA) is 70.8 Å². The number of rotatable bonds is 2. The van der Waals surface area contributed by atoms with Gasteiger partial charge in [0.1, 0.15) is 0 Å². The Bertz CT molecular complexity index is 459. The largest absolute Gasteiger partial charge is 0.342 e. The number of pyridine rings is 1. The van der Waals surface area contributed by atoms with Gasteiger partial charge in [-0.1, -0.05) is 0 Å². The van der Waals surface area contributed by atoms with Crippen LogP contribution < -0.4 is 10.6 Å². The van der Waals surface area contributed by atoms with Gasteiger partial charge in [-0.3, -0.25) is 0 Å². The molecule has 5 nitrogen and oxygen atoms in total. The first-order chi connectivity index (χ1) is 7.86. The maximum Gasteiger partial charge on any atom is 0.205 e. The molecule has 0 radical (unpaired) electrons. The summed E-state index contributed by atoms with van der Waals surface area (Å²) in [7, 11) is 0. The Morgan fingerprint density at radius 1 is 1.56 bits per heavy atom. The normalized spacial score (nSPS) is 20.8. The smallest absolute Gasteiger partial charge is 0.205 e. The fourth-order valence-corrected chi connectivity index (χ4v) is 2.20. The summed E-state index contributed by atoms with van der Waals surface area (Å²) in [5.41, 5.74) is 7.46. The molecule has 1 aliphatic rings. The number of nitrogens with two attached hydrogens (primary N) is 1. The molecule has 5 heteroatoms. The summed E-state index contributed by atoms with van der Waals surface area (Å²) in [6.07, 6.45) is 2.92. The maximum absolute atomic E-state index is 5.68. The standard InChI is InChI=1S/C11H15N5/c12-6-8-3-5-16(7-8)11-14-9-2-1-4-13-10(9)15-11/h1-2,4,8H,3,5-7,12H2,(H,13,14,15)/t8-/m1/s1. The van der Waals surface area contributed by atoms with Gasteiger partial charge in [0.2, 0.25) is 5.95 Å². The Morgan fingerprint density at radius 3 is 3.25 bits per heavy atom. The molecule has 3 N–H and O–H groups in total. The highest BCUT2D eigenvalue weighted by atomic mass is 15.3. The molecule has 0 spiro atoms. The second-order valence-electron chi connectivity index (χ2n) is 4.27. The molecule has 1 aliphatic heterocycles. The van der Waals surface area contributed by atoms with E-state index in [-0.39, 0.29) is 0 Å². The highest BCUT2D eigenvalue weighted by molar-refractivity contribution is 5.73. The Hall–Kier alpha value is -1.62. The van der Waals surface area contributed by atoms with Crippen LogP contribution in [-0.2, 0) is 0 Å². The van der Waals surface area contributed by atoms with Crippen LogP contribution in [0, 0.1) is 5.92 Å². The Balaban J connectivity index is 1.89. The number of aromatic amines is 1. The van der Waals surface area contributed by atoms with Crippen LogP contribution in [0.3, 0.4) is 0 Å². The minimum absolute atomic E-state index is 0.598. The number of aromatic nitrogens is 3. The Kier molecular flexibility index (Phi) is 2.25. The van der Waals surface area contributed by atoms with Crippen molar-refractivity contribution in [2.45, 2.75) is 6.42 Å². The van der Waals surface area contributed by atoms with Gasteiger partial charge in [0.25, 0.3) is 0 Å². The number of nitrogens with one attached hydrogen (secondary N) is 1. The number of hydrogen-bond acceptors (Lipinski definition) is 4. The van der Waals surface area contributed by atoms with Gasteiger partial charge in [0.05, 0.1) is 5.52 Å². The van der Waals surface area contributed by atoms with Crippen LogP contribution in [0.2, 0.25) is 0 Å². The second kappa shape index (κ2) is 3.75. The predicted molar refractivity (Wildman–Crippen MR) is 63.3 cm³/mol. The lowest BCUT2D eigenvalue weighted by Crippen LogP contribution is -2.23. The van der Waals surface area contributed by atoms with E-state index in [0.29, 0.717) is 5.92 Å². The van der Waals surface area contributed by atoms with Crippen molar-refractivity contribution < 1.29 is 0 Å². The third-order valence-corrected chi connectivity index (χ3v) is 3.16. The number of hydrogen-bond donors (Lipinski definition) is 2. The van der Waals surface area contributed by atoms with Crippen molar-refractivity contribution >= 4 is 17.1 Å². The molecule has 3 rings (SSSR count). The van der Waals surface area contributed by atoms with Crippen molar-refractivity contribution in [3.8, 4) is 0 Å². The van der Waals surface area contributed by atoms with E-state index in [2.05, 4.69) is 19.9 Å². The highest BCUT2D eigenvalue weighted by Crippen LogP contribution is 2.22. The van der Waals surface area contributed by atoms with Crippen molar-refractivity contribution in [1.82, 2.24) is 15.0 Å². The number of H-pyrrole nitrogens is 1. The quantitative estimate of drug-likeness (QED) is 0.778. The van der Waals surface area contributed by atoms with Gasteiger partial charge in [-0.15, -0.1) is 0 Å². The van der Waals surface area contributed by atoms with Crippen LogP contribution in [0.25, 0.3) is 11.2 Å². The molecule has 2 aromatic rings. The van der Waals surface area contributed by atoms with Crippen LogP contribution in [0.1, 0.15) is 6.42 Å². The molecule has 0 amide bonds. The highest BCUT2D eigenvalue weighted by Gasteiger charge is 2.23. The van der Waals surface area contributed by atoms with E-state index in [9.17, 15) is 0 Å². The molecule has 84 valence electrons. The van der Waals surface area contributed by atoms with Gasteiger partial charge < -0.3 is 15.6 Å². The molecule has 2 aromatic heterocycles. The molecular weight excluding hydrogens is 202 g/mol. The third kappa shape index (κ3) is 1.53. The van der Waals surface area contributed by atoms with Crippen molar-refractivity contribution in [2.75, 3.05) is 24.5 Å². The van der Waals surface area contributed by atoms with E-state index in [1.807, 2.05) is 12.1 Å². The van der Waals surface area contributed by atoms with Crippen molar-refractivity contribution in [3.63, 3.8) is 0 Å². The molecule has 0 saturated carbocycles. The summed E-state index contributed by atoms with van der Waals surface area (Å²) >= 11 is 0. The number of nitrogens with zero attached hydrogens (tertiary/aromatic N) is 3. The molecule has 1 saturated heterocycles. The monoisotopic (exact) mass is 217 g/mol. The minimum Gasteiger partial charge on any atom is -0.342 e. The molecular formula is C11H15N5. The van der Waals surface area contributed by atoms with E-state index < -0.39 is 0 Å². The Morgan fingerprint density at radius 2 is 2.50 bits per heavy atom. The van der Waals surface area contributed by atoms with Gasteiger partial charge in [-0.25, -0.2) is 4.98 Å². The summed E-state index contributed by atoms with van der Waals surface area (Å²) in [5, 5.41) is 0. The molecule has 3 heterocycles. The van der Waals surface area contributed by atoms with E-state index >= 15 is 0 Å². The molecule has 16 heavy (non-hydrogen) atoms. The fourth-order valence-electron chi connectivity index (χ4n) is 2.20. The maximum atomic E-state index is 5.68. The SMILES string of the molecule is NC[C@H]1CCN(c2nc3ncccc3[nH]2)C1. The number of imidazole rings is 1. The summed E-state index contributed by atoms with van der Waals surface area (Å²) in [6.45, 7) is 2.78. The molecule has 0 unspecified atom stereocenters. The van der Waals surface area contributed by atoms with E-state index in [0.717, 1.165) is 43.2 Å². The molecule has 1 fully saturated rings. The average Bonchev–Trinajstić information content (AvgIpc) is 2.95. The van der Waals surface area contributed by atoms with Crippen LogP contribution in [0.5, 0.6) is 0 Å². The van der Waals surface area contributed by atoms with Gasteiger partial charge >= 0.3 is 0 Å². The first-order valence-electron chi connectivity index (χ1n) is 5.62. The first-order valence-corrected chi connectivity index (χ1v) is 5.62. The molecule has 0 aromatic carbocycles. The van der Waals surface area contributed by atoms with E-state index in [4.69, 9.17) is 5.73 Å². The van der Waals surface area contributed by atoms with Gasteiger partial charge in [-0.2, -0.15) is 4.98 Å². The second-order valence-corrected chi connectivity index (χ2v) is 4.27. The van der Waals surface area contributed by atoms with Gasteiger partial charge in [-0.05, 0) is 31.0 Å². The summed E-state index contributed by atoms with van der Waals surface area (Å²) < 4.78 is 0. The van der Waals surface area contributed by atoms with Crippen LogP contribution in [-0.4, -0.2) is 34.6 Å². The van der Waals surface area contributed by atoms with E-state index in [1.54, 1.807) is 6.20 Å². The van der Waals surface area contributed by atoms with Crippen LogP contribution in [0.4, 0.5) is 5.95 Å². The Labute approximate surface area is 93.7 Å². The van der Waals surface area contributed by atoms with Crippen molar-refractivity contribution in [2.24, 2.45) is 11.7 Å². The van der Waals surface area contributed by atoms with Crippen molar-refractivity contribution in [3.05, 3.63) is 18.3 Å². The molecule has 0 bridgehead atoms. The number of fused-ring (bicyclic) bond motifs is 1. The van der Waals surface area contributed by atoms with E-state index in [1.165, 1.54) is 0 Å². The zero-order chi connectivity index (χ0) is 11.0. The lowest BCUT2D eigenvalue weighted by atomic mass is 10.1. The predicted octanol–water partition coefficient (Wildman–Crippen LogP) is 0.743. The van der Waals surface area contributed by atoms with Crippen LogP contribution in [0.15, 0.2) is 18.3 Å². The van der Waals surface area contributed by atoms with Crippen LogP contribution >= 0.6 is 0 Å². The molecule has 1 atom stereocenters. The molecule has 0 aliphatic carbocycles. The summed E-state index contributed by atoms with van der Waals surface area (Å²) in [6, 6.07) is 3.91. The lowest BCUT2D eigenvalue weighted by Gasteiger charge is -2.13. The average molecular weight is 217 g/mol. The summed E-state index contributed by atoms with van der Waals surface area (Å²) in [4.78, 5) is 14.2. The number of anilines is 1.